The molecule has 0 amide bonds. The van der Waals surface area contributed by atoms with E-state index in [-0.39, 0.29) is 0 Å². The summed E-state index contributed by atoms with van der Waals surface area (Å²) < 4.78 is 9.37. The lowest BCUT2D eigenvalue weighted by atomic mass is 9.92. The summed E-state index contributed by atoms with van der Waals surface area (Å²) in [5, 5.41) is 7.17. The first kappa shape index (κ1) is 31.6. The molecule has 0 aliphatic rings. The molecule has 0 aliphatic heterocycles. The maximum atomic E-state index is 6.76. The highest BCUT2D eigenvalue weighted by Gasteiger charge is 2.24. The van der Waals surface area contributed by atoms with Gasteiger partial charge in [-0.3, -0.25) is 0 Å². The Morgan fingerprint density at radius 2 is 0.982 bits per heavy atom. The molecule has 0 N–H and O–H groups in total. The number of furan rings is 1. The third-order valence-corrected chi connectivity index (χ3v) is 12.1. The van der Waals surface area contributed by atoms with E-state index in [1.807, 2.05) is 17.4 Å². The van der Waals surface area contributed by atoms with Crippen LogP contribution in [0.15, 0.2) is 205 Å². The molecule has 0 radical (unpaired) electrons. The van der Waals surface area contributed by atoms with Gasteiger partial charge in [-0.05, 0) is 69.6 Å². The van der Waals surface area contributed by atoms with E-state index in [1.54, 1.807) is 0 Å². The van der Waals surface area contributed by atoms with Gasteiger partial charge in [-0.15, -0.1) is 11.3 Å². The van der Waals surface area contributed by atoms with E-state index < -0.39 is 0 Å². The van der Waals surface area contributed by atoms with Gasteiger partial charge in [0.2, 0.25) is 0 Å². The highest BCUT2D eigenvalue weighted by molar-refractivity contribution is 7.26. The molecule has 9 aromatic carbocycles. The third-order valence-electron chi connectivity index (χ3n) is 10.9. The summed E-state index contributed by atoms with van der Waals surface area (Å²) in [7, 11) is 0. The van der Waals surface area contributed by atoms with Crippen molar-refractivity contribution in [3.05, 3.63) is 200 Å². The van der Waals surface area contributed by atoms with Gasteiger partial charge in [0.15, 0.2) is 5.58 Å². The molecule has 0 saturated heterocycles. The van der Waals surface area contributed by atoms with Crippen molar-refractivity contribution in [1.29, 1.82) is 0 Å². The van der Waals surface area contributed by atoms with Crippen molar-refractivity contribution in [3.63, 3.8) is 0 Å². The van der Waals surface area contributed by atoms with Crippen LogP contribution in [0.5, 0.6) is 0 Å². The molecule has 55 heavy (non-hydrogen) atoms. The molecule has 2 aromatic heterocycles. The Labute approximate surface area is 322 Å². The second kappa shape index (κ2) is 12.9. The van der Waals surface area contributed by atoms with Crippen molar-refractivity contribution in [3.8, 4) is 33.4 Å². The van der Waals surface area contributed by atoms with Crippen molar-refractivity contribution in [1.82, 2.24) is 0 Å². The Morgan fingerprint density at radius 3 is 1.80 bits per heavy atom. The molecule has 0 fully saturated rings. The minimum absolute atomic E-state index is 0.861. The van der Waals surface area contributed by atoms with Crippen molar-refractivity contribution >= 4 is 81.3 Å². The van der Waals surface area contributed by atoms with Gasteiger partial charge in [-0.1, -0.05) is 164 Å². The van der Waals surface area contributed by atoms with E-state index >= 15 is 0 Å². The van der Waals surface area contributed by atoms with Crippen LogP contribution in [-0.4, -0.2) is 0 Å². The van der Waals surface area contributed by atoms with Gasteiger partial charge in [0.1, 0.15) is 5.58 Å². The van der Waals surface area contributed by atoms with Gasteiger partial charge in [-0.2, -0.15) is 0 Å². The predicted octanol–water partition coefficient (Wildman–Crippen LogP) is 15.6. The Hall–Kier alpha value is -6.94. The van der Waals surface area contributed by atoms with E-state index in [0.717, 1.165) is 44.4 Å². The fourth-order valence-corrected chi connectivity index (χ4v) is 9.62. The highest BCUT2D eigenvalue weighted by Crippen LogP contribution is 2.49. The minimum Gasteiger partial charge on any atom is -0.454 e. The molecule has 0 bridgehead atoms. The Morgan fingerprint density at radius 1 is 0.364 bits per heavy atom. The van der Waals surface area contributed by atoms with Crippen LogP contribution >= 0.6 is 11.3 Å². The van der Waals surface area contributed by atoms with E-state index in [2.05, 4.69) is 199 Å². The second-order valence-corrected chi connectivity index (χ2v) is 15.1. The molecular weight excluding hydrogens is 687 g/mol. The maximum Gasteiger partial charge on any atom is 0.159 e. The van der Waals surface area contributed by atoms with Crippen molar-refractivity contribution in [2.45, 2.75) is 0 Å². The first-order valence-electron chi connectivity index (χ1n) is 18.7. The zero-order valence-corrected chi connectivity index (χ0v) is 30.6. The number of anilines is 3. The van der Waals surface area contributed by atoms with Gasteiger partial charge in [0.05, 0.1) is 11.4 Å². The fraction of sp³-hybridized carbons (Fsp3) is 0. The van der Waals surface area contributed by atoms with Crippen LogP contribution < -0.4 is 4.90 Å². The second-order valence-electron chi connectivity index (χ2n) is 14.0. The molecule has 258 valence electrons. The number of fused-ring (bicyclic) bond motifs is 7. The number of hydrogen-bond donors (Lipinski definition) is 0. The lowest BCUT2D eigenvalue weighted by molar-refractivity contribution is 0.669. The van der Waals surface area contributed by atoms with Gasteiger partial charge in [0.25, 0.3) is 0 Å². The quantitative estimate of drug-likeness (QED) is 0.170. The van der Waals surface area contributed by atoms with Crippen LogP contribution in [0.4, 0.5) is 17.1 Å². The molecule has 0 unspecified atom stereocenters. The SMILES string of the molecule is c1ccc(-c2cc(N(c3ccc(-c4ccccc4)c4ccccc34)c3cccc4c3oc3ccccc34)ccc2-c2cccc3c2sc2ccccc23)cc1. The summed E-state index contributed by atoms with van der Waals surface area (Å²) in [4.78, 5) is 2.40. The van der Waals surface area contributed by atoms with E-state index in [1.165, 1.54) is 58.9 Å². The van der Waals surface area contributed by atoms with Crippen LogP contribution in [0.2, 0.25) is 0 Å². The monoisotopic (exact) mass is 719 g/mol. The zero-order chi connectivity index (χ0) is 36.3. The fourth-order valence-electron chi connectivity index (χ4n) is 8.39. The summed E-state index contributed by atoms with van der Waals surface area (Å²) in [6.45, 7) is 0. The molecule has 2 heterocycles. The van der Waals surface area contributed by atoms with Gasteiger partial charge >= 0.3 is 0 Å². The summed E-state index contributed by atoms with van der Waals surface area (Å²) in [5.41, 5.74) is 12.1. The van der Waals surface area contributed by atoms with Gasteiger partial charge in [-0.25, -0.2) is 0 Å². The largest absolute Gasteiger partial charge is 0.454 e. The molecular formula is C52H33NOS. The standard InChI is InChI=1S/C52H33NOS/c1-3-15-34(16-4-1)37-31-32-47(40-20-8-7-19-38(37)40)53(48-26-14-23-43-41-21-9-11-27-49(41)54-51(43)48)36-29-30-39(46(33-36)35-17-5-2-6-18-35)44-24-13-25-45-42-22-10-12-28-50(42)55-52(44)45/h1-33H. The van der Waals surface area contributed by atoms with E-state index in [4.69, 9.17) is 4.42 Å². The first-order chi connectivity index (χ1) is 27.3. The Balaban J connectivity index is 1.20. The normalized spacial score (nSPS) is 11.6. The Kier molecular flexibility index (Phi) is 7.39. The van der Waals surface area contributed by atoms with Crippen molar-refractivity contribution < 1.29 is 4.42 Å². The van der Waals surface area contributed by atoms with E-state index in [9.17, 15) is 0 Å². The van der Waals surface area contributed by atoms with Gasteiger partial charge in [0, 0.05) is 47.6 Å². The van der Waals surface area contributed by atoms with Crippen LogP contribution in [0.1, 0.15) is 0 Å². The highest BCUT2D eigenvalue weighted by atomic mass is 32.1. The molecule has 0 spiro atoms. The first-order valence-corrected chi connectivity index (χ1v) is 19.5. The average Bonchev–Trinajstić information content (AvgIpc) is 3.84. The predicted molar refractivity (Wildman–Crippen MR) is 235 cm³/mol. The van der Waals surface area contributed by atoms with Crippen LogP contribution in [0.3, 0.4) is 0 Å². The number of rotatable bonds is 6. The van der Waals surface area contributed by atoms with Crippen molar-refractivity contribution in [2.75, 3.05) is 4.90 Å². The summed E-state index contributed by atoms with van der Waals surface area (Å²) in [6, 6.07) is 72.1. The number of para-hydroxylation sites is 2. The number of nitrogens with zero attached hydrogens (tertiary/aromatic N) is 1. The Bertz CT molecular complexity index is 3210. The van der Waals surface area contributed by atoms with E-state index in [0.29, 0.717) is 0 Å². The number of hydrogen-bond acceptors (Lipinski definition) is 3. The molecule has 3 heteroatoms. The maximum absolute atomic E-state index is 6.76. The molecule has 0 saturated carbocycles. The summed E-state index contributed by atoms with van der Waals surface area (Å²) in [5.74, 6) is 0. The zero-order valence-electron chi connectivity index (χ0n) is 29.8. The third kappa shape index (κ3) is 5.16. The summed E-state index contributed by atoms with van der Waals surface area (Å²) in [6.07, 6.45) is 0. The summed E-state index contributed by atoms with van der Waals surface area (Å²) >= 11 is 1.87. The van der Waals surface area contributed by atoms with Crippen molar-refractivity contribution in [2.24, 2.45) is 0 Å². The van der Waals surface area contributed by atoms with Crippen LogP contribution in [0.25, 0.3) is 86.3 Å². The van der Waals surface area contributed by atoms with Crippen LogP contribution in [0, 0.1) is 0 Å². The smallest absolute Gasteiger partial charge is 0.159 e. The average molecular weight is 720 g/mol. The minimum atomic E-state index is 0.861. The topological polar surface area (TPSA) is 16.4 Å². The van der Waals surface area contributed by atoms with Crippen LogP contribution in [-0.2, 0) is 0 Å². The molecule has 11 rings (SSSR count). The number of benzene rings is 9. The number of thiophene rings is 1. The lowest BCUT2D eigenvalue weighted by Crippen LogP contribution is -2.11. The molecule has 0 aliphatic carbocycles. The molecule has 11 aromatic rings. The lowest BCUT2D eigenvalue weighted by Gasteiger charge is -2.28. The molecule has 0 atom stereocenters. The van der Waals surface area contributed by atoms with Gasteiger partial charge < -0.3 is 9.32 Å². The molecule has 2 nitrogen and oxygen atoms in total.